The largest absolute Gasteiger partial charge is 0.417 e. The SMILES string of the molecule is CC(C)C(CN)Nc1ccc(C(F)(F)F)c(C#N)c1. The number of nitrogens with one attached hydrogen (secondary N) is 1. The van der Waals surface area contributed by atoms with Crippen LogP contribution in [0.15, 0.2) is 18.2 Å². The summed E-state index contributed by atoms with van der Waals surface area (Å²) in [4.78, 5) is 0. The van der Waals surface area contributed by atoms with Crippen LogP contribution in [0.3, 0.4) is 0 Å². The molecular formula is C13H16F3N3. The first-order valence-electron chi connectivity index (χ1n) is 5.87. The average molecular weight is 271 g/mol. The van der Waals surface area contributed by atoms with E-state index in [-0.39, 0.29) is 12.0 Å². The molecule has 0 aliphatic rings. The Hall–Kier alpha value is -1.74. The first kappa shape index (κ1) is 15.3. The monoisotopic (exact) mass is 271 g/mol. The fourth-order valence-electron chi connectivity index (χ4n) is 1.69. The van der Waals surface area contributed by atoms with Crippen molar-refractivity contribution in [3.8, 4) is 6.07 Å². The van der Waals surface area contributed by atoms with Crippen LogP contribution in [0, 0.1) is 17.2 Å². The van der Waals surface area contributed by atoms with Gasteiger partial charge in [-0.05, 0) is 24.1 Å². The number of nitrogens with two attached hydrogens (primary N) is 1. The summed E-state index contributed by atoms with van der Waals surface area (Å²) in [6, 6.07) is 4.95. The van der Waals surface area contributed by atoms with Crippen molar-refractivity contribution in [3.05, 3.63) is 29.3 Å². The summed E-state index contributed by atoms with van der Waals surface area (Å²) in [5.41, 5.74) is 4.74. The van der Waals surface area contributed by atoms with E-state index in [0.717, 1.165) is 6.07 Å². The smallest absolute Gasteiger partial charge is 0.381 e. The molecule has 0 aliphatic carbocycles. The maximum atomic E-state index is 12.6. The number of nitriles is 1. The van der Waals surface area contributed by atoms with Gasteiger partial charge in [-0.25, -0.2) is 0 Å². The van der Waals surface area contributed by atoms with E-state index in [9.17, 15) is 13.2 Å². The van der Waals surface area contributed by atoms with Gasteiger partial charge in [-0.3, -0.25) is 0 Å². The van der Waals surface area contributed by atoms with Gasteiger partial charge in [0.1, 0.15) is 0 Å². The van der Waals surface area contributed by atoms with Crippen LogP contribution in [0.1, 0.15) is 25.0 Å². The molecule has 0 saturated carbocycles. The Morgan fingerprint density at radius 1 is 1.37 bits per heavy atom. The van der Waals surface area contributed by atoms with Crippen LogP contribution in [0.2, 0.25) is 0 Å². The molecule has 0 saturated heterocycles. The highest BCUT2D eigenvalue weighted by molar-refractivity contribution is 5.54. The maximum Gasteiger partial charge on any atom is 0.417 e. The summed E-state index contributed by atoms with van der Waals surface area (Å²) < 4.78 is 37.9. The highest BCUT2D eigenvalue weighted by Crippen LogP contribution is 2.33. The second kappa shape index (κ2) is 5.93. The van der Waals surface area contributed by atoms with Crippen molar-refractivity contribution < 1.29 is 13.2 Å². The van der Waals surface area contributed by atoms with Crippen LogP contribution in [-0.4, -0.2) is 12.6 Å². The number of halogens is 3. The molecule has 0 fully saturated rings. The van der Waals surface area contributed by atoms with Gasteiger partial charge in [0.15, 0.2) is 0 Å². The molecule has 1 aromatic rings. The molecule has 104 valence electrons. The zero-order valence-corrected chi connectivity index (χ0v) is 10.8. The minimum atomic E-state index is -4.52. The zero-order chi connectivity index (χ0) is 14.6. The van der Waals surface area contributed by atoms with E-state index in [4.69, 9.17) is 11.0 Å². The van der Waals surface area contributed by atoms with E-state index in [2.05, 4.69) is 5.32 Å². The first-order chi connectivity index (χ1) is 8.79. The van der Waals surface area contributed by atoms with E-state index in [1.54, 1.807) is 6.07 Å². The van der Waals surface area contributed by atoms with Crippen LogP contribution < -0.4 is 11.1 Å². The van der Waals surface area contributed by atoms with Crippen LogP contribution in [0.25, 0.3) is 0 Å². The number of nitrogens with zero attached hydrogens (tertiary/aromatic N) is 1. The van der Waals surface area contributed by atoms with Crippen LogP contribution in [0.4, 0.5) is 18.9 Å². The second-order valence-electron chi connectivity index (χ2n) is 4.60. The van der Waals surface area contributed by atoms with Crippen LogP contribution in [-0.2, 0) is 6.18 Å². The Bertz CT molecular complexity index is 475. The molecule has 3 nitrogen and oxygen atoms in total. The summed E-state index contributed by atoms with van der Waals surface area (Å²) in [7, 11) is 0. The Kier molecular flexibility index (Phi) is 4.78. The molecule has 19 heavy (non-hydrogen) atoms. The van der Waals surface area contributed by atoms with Gasteiger partial charge < -0.3 is 11.1 Å². The first-order valence-corrected chi connectivity index (χ1v) is 5.87. The van der Waals surface area contributed by atoms with E-state index in [1.807, 2.05) is 13.8 Å². The van der Waals surface area contributed by atoms with Gasteiger partial charge in [0.25, 0.3) is 0 Å². The predicted molar refractivity (Wildman–Crippen MR) is 67.5 cm³/mol. The molecule has 6 heteroatoms. The lowest BCUT2D eigenvalue weighted by atomic mass is 10.0. The normalized spacial score (nSPS) is 13.2. The Labute approximate surface area is 110 Å². The molecule has 0 spiro atoms. The molecule has 1 aromatic carbocycles. The summed E-state index contributed by atoms with van der Waals surface area (Å²) in [5.74, 6) is 0.234. The topological polar surface area (TPSA) is 61.8 Å². The molecule has 1 atom stereocenters. The highest BCUT2D eigenvalue weighted by Gasteiger charge is 2.33. The fraction of sp³-hybridized carbons (Fsp3) is 0.462. The number of hydrogen-bond donors (Lipinski definition) is 2. The van der Waals surface area contributed by atoms with E-state index >= 15 is 0 Å². The number of rotatable bonds is 4. The lowest BCUT2D eigenvalue weighted by Crippen LogP contribution is -2.33. The average Bonchev–Trinajstić information content (AvgIpc) is 2.33. The molecule has 1 unspecified atom stereocenters. The van der Waals surface area contributed by atoms with Crippen LogP contribution >= 0.6 is 0 Å². The minimum Gasteiger partial charge on any atom is -0.381 e. The van der Waals surface area contributed by atoms with Crippen molar-refractivity contribution in [2.45, 2.75) is 26.1 Å². The molecule has 0 aromatic heterocycles. The van der Waals surface area contributed by atoms with E-state index in [0.29, 0.717) is 12.2 Å². The summed E-state index contributed by atoms with van der Waals surface area (Å²) in [5, 5.41) is 11.8. The predicted octanol–water partition coefficient (Wildman–Crippen LogP) is 2.97. The van der Waals surface area contributed by atoms with E-state index in [1.165, 1.54) is 12.1 Å². The lowest BCUT2D eigenvalue weighted by Gasteiger charge is -2.22. The van der Waals surface area contributed by atoms with Gasteiger partial charge in [0.05, 0.1) is 17.2 Å². The third-order valence-electron chi connectivity index (χ3n) is 2.86. The molecule has 0 heterocycles. The molecule has 3 N–H and O–H groups in total. The maximum absolute atomic E-state index is 12.6. The van der Waals surface area contributed by atoms with Gasteiger partial charge in [-0.2, -0.15) is 18.4 Å². The van der Waals surface area contributed by atoms with Gasteiger partial charge in [0.2, 0.25) is 0 Å². The van der Waals surface area contributed by atoms with Crippen molar-refractivity contribution in [1.82, 2.24) is 0 Å². The Morgan fingerprint density at radius 2 is 2.00 bits per heavy atom. The summed E-state index contributed by atoms with van der Waals surface area (Å²) in [6.07, 6.45) is -4.52. The van der Waals surface area contributed by atoms with Gasteiger partial charge in [-0.1, -0.05) is 13.8 Å². The third-order valence-corrected chi connectivity index (χ3v) is 2.86. The van der Waals surface area contributed by atoms with Gasteiger partial charge in [0, 0.05) is 18.3 Å². The Morgan fingerprint density at radius 3 is 2.42 bits per heavy atom. The summed E-state index contributed by atoms with van der Waals surface area (Å²) >= 11 is 0. The van der Waals surface area contributed by atoms with Crippen molar-refractivity contribution in [1.29, 1.82) is 5.26 Å². The lowest BCUT2D eigenvalue weighted by molar-refractivity contribution is -0.137. The van der Waals surface area contributed by atoms with Crippen molar-refractivity contribution >= 4 is 5.69 Å². The van der Waals surface area contributed by atoms with Crippen molar-refractivity contribution in [2.75, 3.05) is 11.9 Å². The summed E-state index contributed by atoms with van der Waals surface area (Å²) in [6.45, 7) is 4.28. The molecule has 0 radical (unpaired) electrons. The zero-order valence-electron chi connectivity index (χ0n) is 10.8. The van der Waals surface area contributed by atoms with Crippen LogP contribution in [0.5, 0.6) is 0 Å². The standard InChI is InChI=1S/C13H16F3N3/c1-8(2)12(7-18)19-10-3-4-11(13(14,15)16)9(5-10)6-17/h3-5,8,12,19H,7,18H2,1-2H3. The van der Waals surface area contributed by atoms with Crippen molar-refractivity contribution in [3.63, 3.8) is 0 Å². The van der Waals surface area contributed by atoms with Crippen molar-refractivity contribution in [2.24, 2.45) is 11.7 Å². The number of alkyl halides is 3. The minimum absolute atomic E-state index is 0.0525. The van der Waals surface area contributed by atoms with Gasteiger partial charge in [-0.15, -0.1) is 0 Å². The highest BCUT2D eigenvalue weighted by atomic mass is 19.4. The third kappa shape index (κ3) is 3.86. The number of benzene rings is 1. The molecule has 0 aliphatic heterocycles. The second-order valence-corrected chi connectivity index (χ2v) is 4.60. The quantitative estimate of drug-likeness (QED) is 0.885. The Balaban J connectivity index is 3.05. The molecule has 1 rings (SSSR count). The number of hydrogen-bond acceptors (Lipinski definition) is 3. The molecule has 0 bridgehead atoms. The fourth-order valence-corrected chi connectivity index (χ4v) is 1.69. The van der Waals surface area contributed by atoms with E-state index < -0.39 is 17.3 Å². The molecule has 0 amide bonds. The number of anilines is 1. The molecular weight excluding hydrogens is 255 g/mol. The van der Waals surface area contributed by atoms with Gasteiger partial charge >= 0.3 is 6.18 Å².